The molecule has 0 bridgehead atoms. The van der Waals surface area contributed by atoms with Crippen molar-refractivity contribution in [1.82, 2.24) is 0 Å². The summed E-state index contributed by atoms with van der Waals surface area (Å²) in [6, 6.07) is 7.45. The molecule has 5 nitrogen and oxygen atoms in total. The Morgan fingerprint density at radius 1 is 1.32 bits per heavy atom. The van der Waals surface area contributed by atoms with Crippen molar-refractivity contribution >= 4 is 11.6 Å². The van der Waals surface area contributed by atoms with Crippen molar-refractivity contribution in [3.8, 4) is 5.75 Å². The summed E-state index contributed by atoms with van der Waals surface area (Å²) in [5.74, 6) is 0.830. The molecule has 0 aromatic heterocycles. The molecule has 1 aliphatic rings. The van der Waals surface area contributed by atoms with Gasteiger partial charge in [-0.1, -0.05) is 6.07 Å². The fourth-order valence-corrected chi connectivity index (χ4v) is 2.34. The summed E-state index contributed by atoms with van der Waals surface area (Å²) in [6.45, 7) is 4.96. The highest BCUT2D eigenvalue weighted by molar-refractivity contribution is 5.91. The number of carbonyl (C=O) groups is 1. The van der Waals surface area contributed by atoms with E-state index in [1.165, 1.54) is 4.90 Å². The number of quaternary nitrogens is 2. The summed E-state index contributed by atoms with van der Waals surface area (Å²) in [6.07, 6.45) is 0. The van der Waals surface area contributed by atoms with Gasteiger partial charge in [0, 0.05) is 11.8 Å². The number of hydrogen-bond acceptors (Lipinski definition) is 2. The molecule has 0 saturated carbocycles. The van der Waals surface area contributed by atoms with Crippen LogP contribution in [-0.4, -0.2) is 52.8 Å². The standard InChI is InChI=1S/C14H21N3O2/c1-16-6-8-17(9-7-16)11-14(18)15-12-4-3-5-13(10-12)19-2/h3-5,10H,6-9,11H2,1-2H3,(H,15,18)/p+2. The van der Waals surface area contributed by atoms with E-state index in [9.17, 15) is 4.79 Å². The second kappa shape index (κ2) is 6.54. The van der Waals surface area contributed by atoms with Crippen LogP contribution >= 0.6 is 0 Å². The number of rotatable bonds is 4. The molecule has 1 aromatic rings. The van der Waals surface area contributed by atoms with Gasteiger partial charge in [0.05, 0.1) is 14.2 Å². The molecule has 0 unspecified atom stereocenters. The molecule has 5 heteroatoms. The van der Waals surface area contributed by atoms with Crippen LogP contribution in [0.25, 0.3) is 0 Å². The van der Waals surface area contributed by atoms with E-state index < -0.39 is 0 Å². The van der Waals surface area contributed by atoms with Gasteiger partial charge in [0.25, 0.3) is 5.91 Å². The number of benzene rings is 1. The van der Waals surface area contributed by atoms with Gasteiger partial charge in [-0.15, -0.1) is 0 Å². The summed E-state index contributed by atoms with van der Waals surface area (Å²) >= 11 is 0. The molecule has 104 valence electrons. The second-order valence-electron chi connectivity index (χ2n) is 5.16. The number of amides is 1. The number of ether oxygens (including phenoxy) is 1. The van der Waals surface area contributed by atoms with Crippen LogP contribution in [0.15, 0.2) is 24.3 Å². The third kappa shape index (κ3) is 4.22. The van der Waals surface area contributed by atoms with Crippen LogP contribution in [0.5, 0.6) is 5.75 Å². The molecule has 0 spiro atoms. The number of methoxy groups -OCH3 is 1. The zero-order valence-corrected chi connectivity index (χ0v) is 11.7. The number of likely N-dealkylation sites (N-methyl/N-ethyl adjacent to an activating group) is 1. The number of anilines is 1. The van der Waals surface area contributed by atoms with Crippen LogP contribution in [0.3, 0.4) is 0 Å². The molecule has 1 amide bonds. The van der Waals surface area contributed by atoms with Gasteiger partial charge in [0.15, 0.2) is 6.54 Å². The molecule has 1 saturated heterocycles. The molecule has 1 aromatic carbocycles. The fraction of sp³-hybridized carbons (Fsp3) is 0.500. The number of hydrogen-bond donors (Lipinski definition) is 3. The molecule has 1 heterocycles. The minimum Gasteiger partial charge on any atom is -0.497 e. The lowest BCUT2D eigenvalue weighted by atomic mass is 10.3. The molecule has 1 fully saturated rings. The van der Waals surface area contributed by atoms with Gasteiger partial charge in [-0.3, -0.25) is 4.79 Å². The van der Waals surface area contributed by atoms with E-state index in [4.69, 9.17) is 4.74 Å². The Kier molecular flexibility index (Phi) is 4.76. The Hall–Kier alpha value is -1.59. The van der Waals surface area contributed by atoms with E-state index in [-0.39, 0.29) is 5.91 Å². The molecule has 19 heavy (non-hydrogen) atoms. The molecular weight excluding hydrogens is 242 g/mol. The Morgan fingerprint density at radius 2 is 2.05 bits per heavy atom. The predicted octanol–water partition coefficient (Wildman–Crippen LogP) is -1.95. The van der Waals surface area contributed by atoms with Crippen molar-refractivity contribution < 1.29 is 19.3 Å². The van der Waals surface area contributed by atoms with E-state index in [0.29, 0.717) is 6.54 Å². The first-order valence-corrected chi connectivity index (χ1v) is 6.76. The Morgan fingerprint density at radius 3 is 2.74 bits per heavy atom. The van der Waals surface area contributed by atoms with E-state index in [1.807, 2.05) is 24.3 Å². The Labute approximate surface area is 114 Å². The first kappa shape index (κ1) is 13.8. The average Bonchev–Trinajstić information content (AvgIpc) is 2.41. The topological polar surface area (TPSA) is 47.2 Å². The van der Waals surface area contributed by atoms with Crippen molar-refractivity contribution in [3.05, 3.63) is 24.3 Å². The quantitative estimate of drug-likeness (QED) is 0.592. The van der Waals surface area contributed by atoms with E-state index in [1.54, 1.807) is 12.0 Å². The van der Waals surface area contributed by atoms with Crippen LogP contribution in [0.1, 0.15) is 0 Å². The maximum atomic E-state index is 12.0. The lowest BCUT2D eigenvalue weighted by Gasteiger charge is -2.26. The zero-order chi connectivity index (χ0) is 13.7. The van der Waals surface area contributed by atoms with Gasteiger partial charge in [0.2, 0.25) is 0 Å². The number of nitrogens with one attached hydrogen (secondary N) is 3. The van der Waals surface area contributed by atoms with Crippen LogP contribution in [0, 0.1) is 0 Å². The minimum absolute atomic E-state index is 0.0720. The normalized spacial score (nSPS) is 22.8. The highest BCUT2D eigenvalue weighted by Gasteiger charge is 2.22. The van der Waals surface area contributed by atoms with Gasteiger partial charge in [-0.2, -0.15) is 0 Å². The fourth-order valence-electron chi connectivity index (χ4n) is 2.34. The first-order chi connectivity index (χ1) is 9.17. The highest BCUT2D eigenvalue weighted by atomic mass is 16.5. The van der Waals surface area contributed by atoms with Crippen LogP contribution in [-0.2, 0) is 4.79 Å². The predicted molar refractivity (Wildman–Crippen MR) is 73.8 cm³/mol. The van der Waals surface area contributed by atoms with Crippen LogP contribution < -0.4 is 19.9 Å². The van der Waals surface area contributed by atoms with Gasteiger partial charge >= 0.3 is 0 Å². The molecule has 3 N–H and O–H groups in total. The van der Waals surface area contributed by atoms with E-state index in [0.717, 1.165) is 37.6 Å². The lowest BCUT2D eigenvalue weighted by molar-refractivity contribution is -0.999. The number of piperazine rings is 1. The molecule has 1 aliphatic heterocycles. The summed E-state index contributed by atoms with van der Waals surface area (Å²) in [7, 11) is 3.82. The van der Waals surface area contributed by atoms with Gasteiger partial charge in [-0.25, -0.2) is 0 Å². The van der Waals surface area contributed by atoms with Crippen molar-refractivity contribution in [1.29, 1.82) is 0 Å². The summed E-state index contributed by atoms with van der Waals surface area (Å²) in [5, 5.41) is 2.93. The smallest absolute Gasteiger partial charge is 0.279 e. The molecule has 2 rings (SSSR count). The third-order valence-corrected chi connectivity index (χ3v) is 3.57. The summed E-state index contributed by atoms with van der Waals surface area (Å²) in [5.41, 5.74) is 0.795. The summed E-state index contributed by atoms with van der Waals surface area (Å²) in [4.78, 5) is 14.9. The largest absolute Gasteiger partial charge is 0.497 e. The minimum atomic E-state index is 0.0720. The third-order valence-electron chi connectivity index (χ3n) is 3.57. The van der Waals surface area contributed by atoms with Gasteiger partial charge in [-0.05, 0) is 12.1 Å². The monoisotopic (exact) mass is 265 g/mol. The Bertz CT molecular complexity index is 428. The average molecular weight is 265 g/mol. The van der Waals surface area contributed by atoms with E-state index in [2.05, 4.69) is 12.4 Å². The lowest BCUT2D eigenvalue weighted by Crippen LogP contribution is -3.27. The van der Waals surface area contributed by atoms with Crippen molar-refractivity contribution in [2.24, 2.45) is 0 Å². The Balaban J connectivity index is 1.83. The van der Waals surface area contributed by atoms with Crippen LogP contribution in [0.4, 0.5) is 5.69 Å². The number of carbonyl (C=O) groups excluding carboxylic acids is 1. The van der Waals surface area contributed by atoms with Crippen molar-refractivity contribution in [2.75, 3.05) is 52.2 Å². The molecule has 0 radical (unpaired) electrons. The van der Waals surface area contributed by atoms with Gasteiger partial charge in [0.1, 0.15) is 31.9 Å². The first-order valence-electron chi connectivity index (χ1n) is 6.76. The highest BCUT2D eigenvalue weighted by Crippen LogP contribution is 2.16. The molecular formula is C14H23N3O2+2. The molecule has 0 aliphatic carbocycles. The SMILES string of the molecule is COc1cccc(NC(=O)C[NH+]2CC[NH+](C)CC2)c1. The zero-order valence-electron chi connectivity index (χ0n) is 11.7. The molecule has 0 atom stereocenters. The maximum absolute atomic E-state index is 12.0. The maximum Gasteiger partial charge on any atom is 0.279 e. The van der Waals surface area contributed by atoms with Crippen LogP contribution in [0.2, 0.25) is 0 Å². The summed E-state index contributed by atoms with van der Waals surface area (Å²) < 4.78 is 5.14. The van der Waals surface area contributed by atoms with E-state index >= 15 is 0 Å². The van der Waals surface area contributed by atoms with Crippen molar-refractivity contribution in [3.63, 3.8) is 0 Å². The van der Waals surface area contributed by atoms with Crippen molar-refractivity contribution in [2.45, 2.75) is 0 Å². The second-order valence-corrected chi connectivity index (χ2v) is 5.16. The van der Waals surface area contributed by atoms with Gasteiger partial charge < -0.3 is 19.9 Å².